The Balaban J connectivity index is 0.000000479. The van der Waals surface area contributed by atoms with Gasteiger partial charge in [-0.2, -0.15) is 0 Å². The van der Waals surface area contributed by atoms with E-state index < -0.39 is 29.1 Å². The van der Waals surface area contributed by atoms with E-state index >= 15 is 0 Å². The lowest BCUT2D eigenvalue weighted by molar-refractivity contribution is -0.197. The van der Waals surface area contributed by atoms with Crippen molar-refractivity contribution in [2.24, 2.45) is 5.92 Å². The first-order chi connectivity index (χ1) is 19.9. The quantitative estimate of drug-likeness (QED) is 0.377. The fourth-order valence-corrected chi connectivity index (χ4v) is 8.13. The summed E-state index contributed by atoms with van der Waals surface area (Å²) < 4.78 is 6.60. The van der Waals surface area contributed by atoms with Crippen LogP contribution in [-0.2, 0) is 21.4 Å². The second-order valence-corrected chi connectivity index (χ2v) is 12.9. The number of carboxylic acids is 2. The molecule has 3 fully saturated rings. The highest BCUT2D eigenvalue weighted by atomic mass is 35.5. The number of nitrogens with zero attached hydrogens (tertiary/aromatic N) is 2. The molecule has 3 aliphatic carbocycles. The van der Waals surface area contributed by atoms with E-state index in [2.05, 4.69) is 4.90 Å². The molecular weight excluding hydrogens is 587 g/mol. The van der Waals surface area contributed by atoms with Crippen LogP contribution in [0.15, 0.2) is 30.3 Å². The van der Waals surface area contributed by atoms with Crippen LogP contribution in [0, 0.1) is 5.92 Å². The smallest absolute Gasteiger partial charge is 0.414 e. The van der Waals surface area contributed by atoms with Gasteiger partial charge in [-0.15, -0.1) is 0 Å². The summed E-state index contributed by atoms with van der Waals surface area (Å²) in [5, 5.41) is 38.9. The van der Waals surface area contributed by atoms with E-state index in [1.807, 2.05) is 6.07 Å². The summed E-state index contributed by atoms with van der Waals surface area (Å²) in [4.78, 5) is 36.0. The van der Waals surface area contributed by atoms with Gasteiger partial charge >= 0.3 is 11.9 Å². The third kappa shape index (κ3) is 4.34. The van der Waals surface area contributed by atoms with Gasteiger partial charge < -0.3 is 30.1 Å². The summed E-state index contributed by atoms with van der Waals surface area (Å²) in [6.45, 7) is 1.92. The van der Waals surface area contributed by atoms with Crippen LogP contribution >= 0.6 is 23.2 Å². The zero-order chi connectivity index (χ0) is 30.1. The lowest BCUT2D eigenvalue weighted by Crippen LogP contribution is -2.78. The number of aromatic hydroxyl groups is 1. The molecule has 1 unspecified atom stereocenters. The number of hydrogen-bond donors (Lipinski definition) is 4. The maximum atomic E-state index is 13.6. The molecule has 2 heterocycles. The first kappa shape index (κ1) is 29.0. The second-order valence-electron chi connectivity index (χ2n) is 12.1. The van der Waals surface area contributed by atoms with Crippen molar-refractivity contribution in [3.63, 3.8) is 0 Å². The fraction of sp³-hybridized carbons (Fsp3) is 0.500. The number of carboxylic acid groups (broad SMARTS) is 2. The predicted octanol–water partition coefficient (Wildman–Crippen LogP) is 3.56. The summed E-state index contributed by atoms with van der Waals surface area (Å²) >= 11 is 12.3. The summed E-state index contributed by atoms with van der Waals surface area (Å²) in [6, 6.07) is 8.39. The summed E-state index contributed by atoms with van der Waals surface area (Å²) in [5.74, 6) is -2.47. The molecule has 5 aliphatic rings. The van der Waals surface area contributed by atoms with E-state index in [-0.39, 0.29) is 23.7 Å². The number of likely N-dealkylation sites (tertiary alicyclic amines) is 1. The summed E-state index contributed by atoms with van der Waals surface area (Å²) in [6.07, 6.45) is 4.80. The predicted molar refractivity (Wildman–Crippen MR) is 152 cm³/mol. The Labute approximate surface area is 252 Å². The van der Waals surface area contributed by atoms with Crippen LogP contribution in [0.2, 0.25) is 10.0 Å². The third-order valence-corrected chi connectivity index (χ3v) is 10.6. The van der Waals surface area contributed by atoms with Gasteiger partial charge in [0.25, 0.3) is 5.91 Å². The minimum Gasteiger partial charge on any atom is -0.504 e. The molecule has 2 bridgehead atoms. The number of carbonyl (C=O) groups is 3. The highest BCUT2D eigenvalue weighted by Crippen LogP contribution is 2.66. The number of piperidine rings is 1. The monoisotopic (exact) mass is 618 g/mol. The van der Waals surface area contributed by atoms with Crippen molar-refractivity contribution >= 4 is 41.0 Å². The van der Waals surface area contributed by atoms with Gasteiger partial charge in [0.2, 0.25) is 0 Å². The highest BCUT2D eigenvalue weighted by molar-refractivity contribution is 6.42. The van der Waals surface area contributed by atoms with Crippen molar-refractivity contribution in [2.75, 3.05) is 20.1 Å². The van der Waals surface area contributed by atoms with E-state index in [0.717, 1.165) is 43.0 Å². The van der Waals surface area contributed by atoms with Crippen LogP contribution < -0.4 is 4.74 Å². The van der Waals surface area contributed by atoms with Crippen LogP contribution in [0.1, 0.15) is 53.6 Å². The maximum Gasteiger partial charge on any atom is 0.414 e. The topological polar surface area (TPSA) is 148 Å². The first-order valence-electron chi connectivity index (χ1n) is 14.1. The molecule has 4 N–H and O–H groups in total. The number of rotatable bonds is 4. The molecule has 2 saturated carbocycles. The number of aliphatic carboxylic acids is 2. The Bertz CT molecular complexity index is 1470. The van der Waals surface area contributed by atoms with Crippen LogP contribution in [-0.4, -0.2) is 92.0 Å². The van der Waals surface area contributed by atoms with Gasteiger partial charge in [-0.3, -0.25) is 9.69 Å². The number of benzene rings is 2. The van der Waals surface area contributed by atoms with Gasteiger partial charge in [0.1, 0.15) is 6.10 Å². The van der Waals surface area contributed by atoms with Crippen molar-refractivity contribution < 1.29 is 39.5 Å². The maximum absolute atomic E-state index is 13.6. The average molecular weight is 619 g/mol. The van der Waals surface area contributed by atoms with Gasteiger partial charge in [0, 0.05) is 30.8 Å². The van der Waals surface area contributed by atoms with Crippen molar-refractivity contribution in [3.8, 4) is 11.5 Å². The molecule has 2 aliphatic heterocycles. The van der Waals surface area contributed by atoms with E-state index in [0.29, 0.717) is 34.2 Å². The zero-order valence-corrected chi connectivity index (χ0v) is 24.4. The third-order valence-electron chi connectivity index (χ3n) is 9.90. The first-order valence-corrected chi connectivity index (χ1v) is 14.8. The Morgan fingerprint density at radius 2 is 1.76 bits per heavy atom. The summed E-state index contributed by atoms with van der Waals surface area (Å²) in [7, 11) is 1.80. The number of phenolic OH excluding ortho intramolecular Hbond substituents is 1. The van der Waals surface area contributed by atoms with E-state index in [1.54, 1.807) is 36.2 Å². The van der Waals surface area contributed by atoms with Crippen LogP contribution in [0.5, 0.6) is 11.5 Å². The summed E-state index contributed by atoms with van der Waals surface area (Å²) in [5.41, 5.74) is 0.956. The number of ether oxygens (including phenoxy) is 1. The van der Waals surface area contributed by atoms with Crippen molar-refractivity contribution in [3.05, 3.63) is 57.1 Å². The van der Waals surface area contributed by atoms with E-state index in [4.69, 9.17) is 47.7 Å². The van der Waals surface area contributed by atoms with Crippen molar-refractivity contribution in [2.45, 2.75) is 67.7 Å². The molecule has 0 aromatic heterocycles. The number of amides is 1. The van der Waals surface area contributed by atoms with Gasteiger partial charge in [-0.05, 0) is 80.8 Å². The molecule has 5 atom stereocenters. The Hall–Kier alpha value is -3.05. The Morgan fingerprint density at radius 1 is 1.05 bits per heavy atom. The largest absolute Gasteiger partial charge is 0.504 e. The molecule has 42 heavy (non-hydrogen) atoms. The van der Waals surface area contributed by atoms with Crippen molar-refractivity contribution in [1.29, 1.82) is 0 Å². The zero-order valence-electron chi connectivity index (χ0n) is 22.9. The molecular formula is C30H32Cl2N2O8. The van der Waals surface area contributed by atoms with Gasteiger partial charge in [-0.1, -0.05) is 29.3 Å². The van der Waals surface area contributed by atoms with E-state index in [1.165, 1.54) is 12.8 Å². The molecule has 2 aromatic rings. The molecule has 7 rings (SSSR count). The lowest BCUT2D eigenvalue weighted by atomic mass is 9.48. The highest BCUT2D eigenvalue weighted by Gasteiger charge is 2.73. The van der Waals surface area contributed by atoms with Gasteiger partial charge in [0.15, 0.2) is 11.5 Å². The SMILES string of the molecule is CN(C(=O)c1ccc(Cl)c(Cl)c1)[C@@H]1CC[C@@]2(O)[C@H]3Cc4ccc(O)c5c4C2(CCN3CC2CC2)[C@H]1O5.O=C(O)C(=O)O. The van der Waals surface area contributed by atoms with Gasteiger partial charge in [-0.25, -0.2) is 9.59 Å². The lowest BCUT2D eigenvalue weighted by Gasteiger charge is -2.64. The molecule has 1 amide bonds. The molecule has 224 valence electrons. The number of halogens is 2. The normalized spacial score (nSPS) is 30.3. The minimum absolute atomic E-state index is 0.0120. The molecule has 1 saturated heterocycles. The number of aliphatic hydroxyl groups is 1. The molecule has 2 aromatic carbocycles. The molecule has 12 heteroatoms. The molecule has 0 radical (unpaired) electrons. The standard InChI is InChI=1S/C28H30Cl2N2O4.C2H2O4/c1-31(26(34)17-4-6-18(29)19(30)12-17)20-8-9-28(35)22-13-16-5-7-21(33)24-23(16)27(28,25(20)36-24)10-11-32(22)14-15-2-3-15;3-1(4)2(5)6/h4-7,12,15,20,22,25,33,35H,2-3,8-11,13-14H2,1H3;(H,3,4)(H,5,6)/t20-,22-,25+,27?,28-;/m1./s1. The van der Waals surface area contributed by atoms with Crippen LogP contribution in [0.3, 0.4) is 0 Å². The Kier molecular flexibility index (Phi) is 7.12. The Morgan fingerprint density at radius 3 is 2.40 bits per heavy atom. The van der Waals surface area contributed by atoms with Crippen LogP contribution in [0.4, 0.5) is 0 Å². The fourth-order valence-electron chi connectivity index (χ4n) is 7.84. The number of hydrogen-bond acceptors (Lipinski definition) is 7. The van der Waals surface area contributed by atoms with E-state index in [9.17, 15) is 15.0 Å². The minimum atomic E-state index is -1.82. The molecule has 1 spiro atoms. The number of phenols is 1. The second kappa shape index (κ2) is 10.3. The van der Waals surface area contributed by atoms with Crippen LogP contribution in [0.25, 0.3) is 0 Å². The average Bonchev–Trinajstić information content (AvgIpc) is 3.69. The van der Waals surface area contributed by atoms with Crippen molar-refractivity contribution in [1.82, 2.24) is 9.80 Å². The number of carbonyl (C=O) groups excluding carboxylic acids is 1. The van der Waals surface area contributed by atoms with Gasteiger partial charge in [0.05, 0.1) is 27.1 Å². The molecule has 10 nitrogen and oxygen atoms in total. The number of likely N-dealkylation sites (N-methyl/N-ethyl adjacent to an activating group) is 1.